The van der Waals surface area contributed by atoms with Gasteiger partial charge in [-0.2, -0.15) is 0 Å². The minimum atomic E-state index is 0.626. The highest BCUT2D eigenvalue weighted by Crippen LogP contribution is 2.11. The quantitative estimate of drug-likeness (QED) is 0.720. The van der Waals surface area contributed by atoms with Crippen LogP contribution in [0.2, 0.25) is 0 Å². The van der Waals surface area contributed by atoms with Crippen LogP contribution in [0.1, 0.15) is 40.5 Å². The normalized spacial score (nSPS) is 21.7. The van der Waals surface area contributed by atoms with Crippen LogP contribution in [0, 0.1) is 5.92 Å². The molecule has 0 aromatic carbocycles. The molecule has 0 radical (unpaired) electrons. The monoisotopic (exact) mass is 242 g/mol. The number of nitrogens with one attached hydrogen (secondary N) is 1. The van der Waals surface area contributed by atoms with E-state index in [2.05, 4.69) is 37.9 Å². The summed E-state index contributed by atoms with van der Waals surface area (Å²) in [5, 5.41) is 3.49. The Bertz CT molecular complexity index is 226. The third-order valence-electron chi connectivity index (χ3n) is 3.16. The lowest BCUT2D eigenvalue weighted by Gasteiger charge is -2.29. The van der Waals surface area contributed by atoms with E-state index in [4.69, 9.17) is 12.2 Å². The summed E-state index contributed by atoms with van der Waals surface area (Å²) in [5.41, 5.74) is 0. The second kappa shape index (κ2) is 6.67. The summed E-state index contributed by atoms with van der Waals surface area (Å²) in [6.45, 7) is 12.5. The highest BCUT2D eigenvalue weighted by Gasteiger charge is 2.20. The first kappa shape index (κ1) is 14.1. The predicted molar refractivity (Wildman–Crippen MR) is 75.2 cm³/mol. The fraction of sp³-hybridized carbons (Fsp3) is 0.923. The van der Waals surface area contributed by atoms with Gasteiger partial charge in [-0.15, -0.1) is 0 Å². The Labute approximate surface area is 106 Å². The van der Waals surface area contributed by atoms with Crippen molar-refractivity contribution in [3.05, 3.63) is 0 Å². The molecular formula is C13H26N2S. The summed E-state index contributed by atoms with van der Waals surface area (Å²) in [6.07, 6.45) is 2.33. The smallest absolute Gasteiger partial charge is 0.0272 e. The molecule has 0 spiro atoms. The maximum absolute atomic E-state index is 5.22. The van der Waals surface area contributed by atoms with E-state index >= 15 is 0 Å². The van der Waals surface area contributed by atoms with E-state index in [9.17, 15) is 0 Å². The van der Waals surface area contributed by atoms with Gasteiger partial charge in [-0.05, 0) is 39.2 Å². The van der Waals surface area contributed by atoms with Gasteiger partial charge in [0.05, 0.1) is 0 Å². The van der Waals surface area contributed by atoms with E-state index in [0.717, 1.165) is 18.9 Å². The molecule has 1 aliphatic heterocycles. The SMILES string of the molecule is CC(C)CN(CCC1CC(=S)CN1)C(C)C. The molecular weight excluding hydrogens is 216 g/mol. The second-order valence-electron chi connectivity index (χ2n) is 5.59. The van der Waals surface area contributed by atoms with Crippen molar-refractivity contribution in [1.29, 1.82) is 0 Å². The van der Waals surface area contributed by atoms with Gasteiger partial charge in [-0.3, -0.25) is 0 Å². The molecule has 1 rings (SSSR count). The lowest BCUT2D eigenvalue weighted by molar-refractivity contribution is 0.189. The maximum atomic E-state index is 5.22. The Morgan fingerprint density at radius 3 is 2.50 bits per heavy atom. The summed E-state index contributed by atoms with van der Waals surface area (Å²) >= 11 is 5.22. The molecule has 2 nitrogen and oxygen atoms in total. The van der Waals surface area contributed by atoms with Crippen LogP contribution in [-0.4, -0.2) is 41.5 Å². The van der Waals surface area contributed by atoms with Crippen LogP contribution in [0.3, 0.4) is 0 Å². The summed E-state index contributed by atoms with van der Waals surface area (Å²) in [6, 6.07) is 1.27. The van der Waals surface area contributed by atoms with E-state index < -0.39 is 0 Å². The average molecular weight is 242 g/mol. The van der Waals surface area contributed by atoms with Gasteiger partial charge in [0.1, 0.15) is 0 Å². The number of hydrogen-bond donors (Lipinski definition) is 1. The van der Waals surface area contributed by atoms with Crippen molar-refractivity contribution in [1.82, 2.24) is 10.2 Å². The zero-order valence-electron chi connectivity index (χ0n) is 11.1. The van der Waals surface area contributed by atoms with Crippen LogP contribution >= 0.6 is 12.2 Å². The summed E-state index contributed by atoms with van der Waals surface area (Å²) in [5.74, 6) is 0.750. The molecule has 1 saturated heterocycles. The van der Waals surface area contributed by atoms with Gasteiger partial charge >= 0.3 is 0 Å². The molecule has 16 heavy (non-hydrogen) atoms. The number of hydrogen-bond acceptors (Lipinski definition) is 3. The predicted octanol–water partition coefficient (Wildman–Crippen LogP) is 2.47. The molecule has 0 aliphatic carbocycles. The van der Waals surface area contributed by atoms with E-state index in [0.29, 0.717) is 12.1 Å². The fourth-order valence-electron chi connectivity index (χ4n) is 2.23. The Kier molecular flexibility index (Phi) is 5.87. The van der Waals surface area contributed by atoms with Gasteiger partial charge < -0.3 is 10.2 Å². The van der Waals surface area contributed by atoms with E-state index in [1.807, 2.05) is 0 Å². The van der Waals surface area contributed by atoms with Gasteiger partial charge in [0, 0.05) is 30.0 Å². The van der Waals surface area contributed by atoms with Crippen molar-refractivity contribution < 1.29 is 0 Å². The first-order valence-electron chi connectivity index (χ1n) is 6.48. The largest absolute Gasteiger partial charge is 0.309 e. The van der Waals surface area contributed by atoms with Crippen LogP contribution in [0.5, 0.6) is 0 Å². The van der Waals surface area contributed by atoms with Crippen molar-refractivity contribution in [3.63, 3.8) is 0 Å². The van der Waals surface area contributed by atoms with Crippen LogP contribution in [-0.2, 0) is 0 Å². The lowest BCUT2D eigenvalue weighted by Crippen LogP contribution is -2.37. The first-order chi connectivity index (χ1) is 7.49. The molecule has 1 atom stereocenters. The molecule has 94 valence electrons. The van der Waals surface area contributed by atoms with E-state index in [1.54, 1.807) is 0 Å². The lowest BCUT2D eigenvalue weighted by atomic mass is 10.1. The molecule has 0 aromatic rings. The Balaban J connectivity index is 2.29. The standard InChI is InChI=1S/C13H26N2S/c1-10(2)9-15(11(3)4)6-5-12-7-13(16)8-14-12/h10-12,14H,5-9H2,1-4H3. The second-order valence-corrected chi connectivity index (χ2v) is 6.17. The molecule has 0 bridgehead atoms. The van der Waals surface area contributed by atoms with E-state index in [-0.39, 0.29) is 0 Å². The van der Waals surface area contributed by atoms with Gasteiger partial charge in [0.15, 0.2) is 0 Å². The molecule has 1 heterocycles. The Morgan fingerprint density at radius 2 is 2.06 bits per heavy atom. The van der Waals surface area contributed by atoms with E-state index in [1.165, 1.54) is 24.4 Å². The first-order valence-corrected chi connectivity index (χ1v) is 6.89. The van der Waals surface area contributed by atoms with Crippen molar-refractivity contribution in [2.75, 3.05) is 19.6 Å². The zero-order valence-corrected chi connectivity index (χ0v) is 11.9. The third kappa shape index (κ3) is 4.89. The minimum absolute atomic E-state index is 0.626. The van der Waals surface area contributed by atoms with Crippen LogP contribution < -0.4 is 5.32 Å². The van der Waals surface area contributed by atoms with Gasteiger partial charge in [0.2, 0.25) is 0 Å². The molecule has 0 saturated carbocycles. The Morgan fingerprint density at radius 1 is 1.38 bits per heavy atom. The van der Waals surface area contributed by atoms with Crippen molar-refractivity contribution in [2.24, 2.45) is 5.92 Å². The van der Waals surface area contributed by atoms with Gasteiger partial charge in [-0.1, -0.05) is 26.1 Å². The van der Waals surface area contributed by atoms with Gasteiger partial charge in [0.25, 0.3) is 0 Å². The highest BCUT2D eigenvalue weighted by molar-refractivity contribution is 7.80. The maximum Gasteiger partial charge on any atom is 0.0272 e. The minimum Gasteiger partial charge on any atom is -0.309 e. The summed E-state index contributed by atoms with van der Waals surface area (Å²) in [7, 11) is 0. The van der Waals surface area contributed by atoms with Crippen LogP contribution in [0.25, 0.3) is 0 Å². The van der Waals surface area contributed by atoms with Crippen molar-refractivity contribution in [2.45, 2.75) is 52.6 Å². The van der Waals surface area contributed by atoms with Gasteiger partial charge in [-0.25, -0.2) is 0 Å². The molecule has 3 heteroatoms. The van der Waals surface area contributed by atoms with Crippen LogP contribution in [0.4, 0.5) is 0 Å². The molecule has 1 fully saturated rings. The Hall–Kier alpha value is 0.01000. The average Bonchev–Trinajstić information content (AvgIpc) is 2.58. The third-order valence-corrected chi connectivity index (χ3v) is 3.47. The molecule has 1 N–H and O–H groups in total. The summed E-state index contributed by atoms with van der Waals surface area (Å²) < 4.78 is 0. The van der Waals surface area contributed by atoms with Crippen LogP contribution in [0.15, 0.2) is 0 Å². The fourth-order valence-corrected chi connectivity index (χ4v) is 2.52. The van der Waals surface area contributed by atoms with Crippen molar-refractivity contribution in [3.8, 4) is 0 Å². The highest BCUT2D eigenvalue weighted by atomic mass is 32.1. The molecule has 1 unspecified atom stereocenters. The number of rotatable bonds is 6. The zero-order chi connectivity index (χ0) is 12.1. The molecule has 0 amide bonds. The number of nitrogens with zero attached hydrogens (tertiary/aromatic N) is 1. The number of thiocarbonyl (C=S) groups is 1. The molecule has 0 aromatic heterocycles. The summed E-state index contributed by atoms with van der Waals surface area (Å²) in [4.78, 5) is 3.78. The molecule has 1 aliphatic rings. The van der Waals surface area contributed by atoms with Crippen molar-refractivity contribution >= 4 is 17.1 Å². The topological polar surface area (TPSA) is 15.3 Å².